The van der Waals surface area contributed by atoms with Crippen LogP contribution in [0.2, 0.25) is 5.02 Å². The van der Waals surface area contributed by atoms with Crippen LogP contribution in [-0.2, 0) is 17.5 Å². The van der Waals surface area contributed by atoms with Crippen LogP contribution in [0, 0.1) is 11.3 Å². The molecule has 3 aromatic heterocycles. The minimum absolute atomic E-state index is 0.0659. The maximum Gasteiger partial charge on any atom is 0.435 e. The van der Waals surface area contributed by atoms with Crippen molar-refractivity contribution < 1.29 is 22.8 Å². The van der Waals surface area contributed by atoms with E-state index in [0.29, 0.717) is 25.2 Å². The summed E-state index contributed by atoms with van der Waals surface area (Å²) in [4.78, 5) is 35.0. The van der Waals surface area contributed by atoms with Crippen LogP contribution in [0.4, 0.5) is 24.7 Å². The summed E-state index contributed by atoms with van der Waals surface area (Å²) < 4.78 is 43.4. The van der Waals surface area contributed by atoms with Crippen LogP contribution in [0.3, 0.4) is 0 Å². The number of amides is 2. The molecule has 4 N–H and O–H groups in total. The zero-order valence-electron chi connectivity index (χ0n) is 21.2. The predicted octanol–water partition coefficient (Wildman–Crippen LogP) is 2.82. The van der Waals surface area contributed by atoms with Gasteiger partial charge in [0.1, 0.15) is 6.54 Å². The molecule has 0 saturated carbocycles. The fourth-order valence-corrected chi connectivity index (χ4v) is 4.74. The molecule has 1 aliphatic heterocycles. The lowest BCUT2D eigenvalue weighted by atomic mass is 10.2. The molecule has 41 heavy (non-hydrogen) atoms. The third kappa shape index (κ3) is 5.79. The van der Waals surface area contributed by atoms with Crippen molar-refractivity contribution in [3.63, 3.8) is 0 Å². The molecular formula is C25H22ClF3N10O2. The van der Waals surface area contributed by atoms with E-state index in [9.17, 15) is 22.8 Å². The lowest BCUT2D eigenvalue weighted by Crippen LogP contribution is -2.40. The van der Waals surface area contributed by atoms with E-state index in [4.69, 9.17) is 22.6 Å². The minimum Gasteiger partial charge on any atom is -0.343 e. The molecule has 1 atom stereocenters. The first kappa shape index (κ1) is 27.9. The van der Waals surface area contributed by atoms with E-state index in [1.165, 1.54) is 35.1 Å². The third-order valence-corrected chi connectivity index (χ3v) is 6.73. The number of alkyl halides is 3. The molecule has 1 fully saturated rings. The summed E-state index contributed by atoms with van der Waals surface area (Å²) in [6.07, 6.45) is 1.17. The van der Waals surface area contributed by atoms with Crippen molar-refractivity contribution in [1.29, 1.82) is 5.26 Å². The Morgan fingerprint density at radius 3 is 2.76 bits per heavy atom. The van der Waals surface area contributed by atoms with Gasteiger partial charge in [0.05, 0.1) is 40.7 Å². The summed E-state index contributed by atoms with van der Waals surface area (Å²) in [7, 11) is 0. The Morgan fingerprint density at radius 2 is 2.07 bits per heavy atom. The van der Waals surface area contributed by atoms with Gasteiger partial charge in [-0.3, -0.25) is 18.7 Å². The summed E-state index contributed by atoms with van der Waals surface area (Å²) in [5.41, 5.74) is 5.30. The minimum atomic E-state index is -4.76. The Kier molecular flexibility index (Phi) is 7.52. The summed E-state index contributed by atoms with van der Waals surface area (Å²) in [5.74, 6) is -0.563. The molecule has 4 heterocycles. The molecule has 0 spiro atoms. The second-order valence-electron chi connectivity index (χ2n) is 9.25. The number of halogens is 4. The van der Waals surface area contributed by atoms with E-state index < -0.39 is 17.8 Å². The molecule has 16 heteroatoms. The number of imidazole rings is 1. The smallest absolute Gasteiger partial charge is 0.343 e. The monoisotopic (exact) mass is 586 g/mol. The molecular weight excluding hydrogens is 565 g/mol. The molecule has 0 bridgehead atoms. The van der Waals surface area contributed by atoms with Crippen molar-refractivity contribution in [3.05, 3.63) is 59.3 Å². The van der Waals surface area contributed by atoms with Crippen molar-refractivity contribution in [3.8, 4) is 17.3 Å². The van der Waals surface area contributed by atoms with E-state index in [-0.39, 0.29) is 58.3 Å². The lowest BCUT2D eigenvalue weighted by Gasteiger charge is -2.16. The number of fused-ring (bicyclic) bond motifs is 1. The molecule has 1 aliphatic rings. The highest BCUT2D eigenvalue weighted by atomic mass is 35.5. The van der Waals surface area contributed by atoms with Gasteiger partial charge in [0.15, 0.2) is 17.2 Å². The van der Waals surface area contributed by atoms with Crippen LogP contribution >= 0.6 is 11.6 Å². The standard InChI is InChI=1S/C25H22ClF3N10O2/c26-18-9-15(1-2-16(18)24(41)34-11-20(40)37-6-3-14(31)12-37)35-22-23-33-10-19(39(23)8-5-32-22)17-13-38(7-4-30)36-21(17)25(27,28)29/h1-2,5,8-10,13-14H,3,6-7,11-12,31H2,(H,32,35)(H,34,41)/t14-/m1/s1. The van der Waals surface area contributed by atoms with Crippen molar-refractivity contribution in [1.82, 2.24) is 34.4 Å². The van der Waals surface area contributed by atoms with Gasteiger partial charge in [-0.15, -0.1) is 0 Å². The fraction of sp³-hybridized carbons (Fsp3) is 0.280. The van der Waals surface area contributed by atoms with Crippen LogP contribution in [0.25, 0.3) is 16.9 Å². The molecule has 212 valence electrons. The number of carbonyl (C=O) groups is 2. The Labute approximate surface area is 235 Å². The Hall–Kier alpha value is -4.68. The average molecular weight is 587 g/mol. The third-order valence-electron chi connectivity index (χ3n) is 6.42. The fourth-order valence-electron chi connectivity index (χ4n) is 4.47. The number of carbonyl (C=O) groups excluding carboxylic acids is 2. The molecule has 2 amide bonds. The molecule has 1 saturated heterocycles. The maximum absolute atomic E-state index is 13.7. The van der Waals surface area contributed by atoms with E-state index in [1.54, 1.807) is 17.0 Å². The van der Waals surface area contributed by atoms with Crippen molar-refractivity contribution in [2.45, 2.75) is 25.2 Å². The Balaban J connectivity index is 1.34. The number of nitrogens with zero attached hydrogens (tertiary/aromatic N) is 7. The van der Waals surface area contributed by atoms with Gasteiger partial charge in [0.25, 0.3) is 5.91 Å². The largest absolute Gasteiger partial charge is 0.435 e. The summed E-state index contributed by atoms with van der Waals surface area (Å²) in [6.45, 7) is 0.445. The molecule has 0 aliphatic carbocycles. The number of nitriles is 1. The predicted molar refractivity (Wildman–Crippen MR) is 141 cm³/mol. The Morgan fingerprint density at radius 1 is 1.27 bits per heavy atom. The van der Waals surface area contributed by atoms with Gasteiger partial charge in [-0.2, -0.15) is 23.5 Å². The van der Waals surface area contributed by atoms with Gasteiger partial charge in [0.2, 0.25) is 5.91 Å². The summed E-state index contributed by atoms with van der Waals surface area (Å²) in [6, 6.07) is 6.20. The number of hydrogen-bond acceptors (Lipinski definition) is 8. The van der Waals surface area contributed by atoms with E-state index in [0.717, 1.165) is 10.9 Å². The van der Waals surface area contributed by atoms with E-state index >= 15 is 0 Å². The number of aromatic nitrogens is 5. The van der Waals surface area contributed by atoms with Gasteiger partial charge in [0, 0.05) is 43.4 Å². The first-order valence-electron chi connectivity index (χ1n) is 12.3. The SMILES string of the molecule is N#CCn1cc(-c2cnc3c(Nc4ccc(C(=O)NCC(=O)N5CC[C@@H](N)C5)c(Cl)c4)nccn23)c(C(F)(F)F)n1. The van der Waals surface area contributed by atoms with Crippen LogP contribution in [0.15, 0.2) is 43.0 Å². The maximum atomic E-state index is 13.7. The second kappa shape index (κ2) is 11.1. The summed E-state index contributed by atoms with van der Waals surface area (Å²) >= 11 is 6.35. The second-order valence-corrected chi connectivity index (χ2v) is 9.66. The molecule has 5 rings (SSSR count). The zero-order valence-corrected chi connectivity index (χ0v) is 21.9. The average Bonchev–Trinajstić information content (AvgIpc) is 3.66. The normalized spacial score (nSPS) is 15.2. The van der Waals surface area contributed by atoms with Gasteiger partial charge in [-0.1, -0.05) is 11.6 Å². The van der Waals surface area contributed by atoms with Crippen molar-refractivity contribution >= 4 is 40.6 Å². The number of benzene rings is 1. The summed E-state index contributed by atoms with van der Waals surface area (Å²) in [5, 5.41) is 18.1. The quantitative estimate of drug-likeness (QED) is 0.298. The molecule has 0 unspecified atom stereocenters. The number of hydrogen-bond donors (Lipinski definition) is 3. The van der Waals surface area contributed by atoms with Gasteiger partial charge >= 0.3 is 6.18 Å². The van der Waals surface area contributed by atoms with Crippen LogP contribution < -0.4 is 16.4 Å². The van der Waals surface area contributed by atoms with Crippen LogP contribution in [-0.4, -0.2) is 66.5 Å². The van der Waals surface area contributed by atoms with Crippen LogP contribution in [0.5, 0.6) is 0 Å². The number of likely N-dealkylation sites (tertiary alicyclic amines) is 1. The van der Waals surface area contributed by atoms with Crippen molar-refractivity contribution in [2.24, 2.45) is 5.73 Å². The van der Waals surface area contributed by atoms with E-state index in [1.807, 2.05) is 0 Å². The van der Waals surface area contributed by atoms with E-state index in [2.05, 4.69) is 25.7 Å². The first-order chi connectivity index (χ1) is 19.5. The number of nitrogens with one attached hydrogen (secondary N) is 2. The van der Waals surface area contributed by atoms with Gasteiger partial charge < -0.3 is 21.3 Å². The molecule has 12 nitrogen and oxygen atoms in total. The first-order valence-corrected chi connectivity index (χ1v) is 12.6. The molecule has 0 radical (unpaired) electrons. The van der Waals surface area contributed by atoms with Crippen LogP contribution in [0.1, 0.15) is 22.5 Å². The molecule has 4 aromatic rings. The number of rotatable bonds is 7. The molecule has 1 aromatic carbocycles. The topological polar surface area (TPSA) is 159 Å². The highest BCUT2D eigenvalue weighted by Crippen LogP contribution is 2.37. The highest BCUT2D eigenvalue weighted by Gasteiger charge is 2.38. The Bertz CT molecular complexity index is 1680. The number of nitrogens with two attached hydrogens (primary N) is 1. The zero-order chi connectivity index (χ0) is 29.3. The van der Waals surface area contributed by atoms with Gasteiger partial charge in [-0.05, 0) is 24.6 Å². The van der Waals surface area contributed by atoms with Crippen molar-refractivity contribution in [2.75, 3.05) is 25.0 Å². The number of anilines is 2. The van der Waals surface area contributed by atoms with Gasteiger partial charge in [-0.25, -0.2) is 9.97 Å². The lowest BCUT2D eigenvalue weighted by molar-refractivity contribution is -0.141. The highest BCUT2D eigenvalue weighted by molar-refractivity contribution is 6.34.